The second kappa shape index (κ2) is 4.16. The number of aliphatic imine (C=N–C) groups is 1. The molecule has 0 spiro atoms. The van der Waals surface area contributed by atoms with E-state index in [1.807, 2.05) is 18.2 Å². The van der Waals surface area contributed by atoms with Crippen molar-refractivity contribution in [2.24, 2.45) is 4.99 Å². The number of methoxy groups -OCH3 is 1. The topological polar surface area (TPSA) is 30.8 Å². The van der Waals surface area contributed by atoms with Crippen LogP contribution in [0.1, 0.15) is 19.4 Å². The Hall–Kier alpha value is -1.51. The maximum Gasteiger partial charge on any atom is 0.188 e. The van der Waals surface area contributed by atoms with Gasteiger partial charge in [0.15, 0.2) is 5.90 Å². The van der Waals surface area contributed by atoms with Gasteiger partial charge in [-0.1, -0.05) is 12.1 Å². The second-order valence-electron chi connectivity index (χ2n) is 4.60. The van der Waals surface area contributed by atoms with Crippen molar-refractivity contribution in [3.8, 4) is 5.75 Å². The van der Waals surface area contributed by atoms with Gasteiger partial charge in [-0.25, -0.2) is 0 Å². The lowest BCUT2D eigenvalue weighted by Gasteiger charge is -2.17. The summed E-state index contributed by atoms with van der Waals surface area (Å²) in [5.41, 5.74) is 1.02. The number of ether oxygens (including phenoxy) is 2. The predicted molar refractivity (Wildman–Crippen MR) is 64.2 cm³/mol. The van der Waals surface area contributed by atoms with E-state index < -0.39 is 0 Å². The molecule has 0 unspecified atom stereocenters. The molecule has 0 bridgehead atoms. The normalized spacial score (nSPS) is 17.8. The van der Waals surface area contributed by atoms with Gasteiger partial charge in [0.05, 0.1) is 13.7 Å². The Balaban J connectivity index is 2.05. The number of rotatable bonds is 3. The van der Waals surface area contributed by atoms with Crippen LogP contribution in [0.2, 0.25) is 0 Å². The predicted octanol–water partition coefficient (Wildman–Crippen LogP) is 2.45. The van der Waals surface area contributed by atoms with Gasteiger partial charge in [0.2, 0.25) is 0 Å². The van der Waals surface area contributed by atoms with E-state index in [1.54, 1.807) is 7.11 Å². The average Bonchev–Trinajstić information content (AvgIpc) is 2.58. The Morgan fingerprint density at radius 1 is 1.44 bits per heavy atom. The van der Waals surface area contributed by atoms with Crippen LogP contribution in [0.3, 0.4) is 0 Å². The highest BCUT2D eigenvalue weighted by atomic mass is 16.5. The average molecular weight is 219 g/mol. The van der Waals surface area contributed by atoms with Crippen molar-refractivity contribution < 1.29 is 9.47 Å². The van der Waals surface area contributed by atoms with Gasteiger partial charge in [-0.15, -0.1) is 0 Å². The first-order chi connectivity index (χ1) is 7.59. The van der Waals surface area contributed by atoms with Crippen molar-refractivity contribution in [3.05, 3.63) is 29.8 Å². The van der Waals surface area contributed by atoms with E-state index in [9.17, 15) is 0 Å². The summed E-state index contributed by atoms with van der Waals surface area (Å²) in [7, 11) is 1.67. The van der Waals surface area contributed by atoms with Crippen LogP contribution in [-0.2, 0) is 11.2 Å². The molecular formula is C13H17NO2. The first kappa shape index (κ1) is 11.0. The van der Waals surface area contributed by atoms with Crippen LogP contribution in [-0.4, -0.2) is 25.2 Å². The SMILES string of the molecule is COc1cccc(CC2=NCC(C)(C)O2)c1. The third kappa shape index (κ3) is 2.54. The molecule has 3 nitrogen and oxygen atoms in total. The van der Waals surface area contributed by atoms with Crippen LogP contribution in [0, 0.1) is 0 Å². The number of benzene rings is 1. The Kier molecular flexibility index (Phi) is 2.86. The maximum atomic E-state index is 5.74. The van der Waals surface area contributed by atoms with Gasteiger partial charge in [-0.05, 0) is 31.5 Å². The Labute approximate surface area is 96.1 Å². The van der Waals surface area contributed by atoms with Crippen molar-refractivity contribution in [1.82, 2.24) is 0 Å². The molecule has 1 aromatic rings. The van der Waals surface area contributed by atoms with E-state index in [1.165, 1.54) is 0 Å². The van der Waals surface area contributed by atoms with Gasteiger partial charge >= 0.3 is 0 Å². The molecule has 0 fully saturated rings. The third-order valence-corrected chi connectivity index (χ3v) is 2.52. The second-order valence-corrected chi connectivity index (χ2v) is 4.60. The van der Waals surface area contributed by atoms with Gasteiger partial charge in [0.25, 0.3) is 0 Å². The molecule has 0 radical (unpaired) electrons. The monoisotopic (exact) mass is 219 g/mol. The zero-order chi connectivity index (χ0) is 11.6. The van der Waals surface area contributed by atoms with E-state index in [-0.39, 0.29) is 5.60 Å². The first-order valence-electron chi connectivity index (χ1n) is 5.44. The Morgan fingerprint density at radius 2 is 2.25 bits per heavy atom. The van der Waals surface area contributed by atoms with Crippen LogP contribution in [0.5, 0.6) is 5.75 Å². The summed E-state index contributed by atoms with van der Waals surface area (Å²) in [6, 6.07) is 7.98. The zero-order valence-electron chi connectivity index (χ0n) is 9.99. The number of nitrogens with zero attached hydrogens (tertiary/aromatic N) is 1. The molecule has 1 aliphatic heterocycles. The zero-order valence-corrected chi connectivity index (χ0v) is 9.99. The standard InChI is InChI=1S/C13H17NO2/c1-13(2)9-14-12(16-13)8-10-5-4-6-11(7-10)15-3/h4-7H,8-9H2,1-3H3. The minimum Gasteiger partial charge on any atom is -0.497 e. The van der Waals surface area contributed by atoms with Crippen LogP contribution >= 0.6 is 0 Å². The van der Waals surface area contributed by atoms with Crippen molar-refractivity contribution in [2.75, 3.05) is 13.7 Å². The molecule has 0 saturated carbocycles. The summed E-state index contributed by atoms with van der Waals surface area (Å²) >= 11 is 0. The molecule has 16 heavy (non-hydrogen) atoms. The summed E-state index contributed by atoms with van der Waals surface area (Å²) in [6.45, 7) is 4.84. The number of hydrogen-bond donors (Lipinski definition) is 0. The van der Waals surface area contributed by atoms with Crippen molar-refractivity contribution in [1.29, 1.82) is 0 Å². The molecule has 2 rings (SSSR count). The molecule has 1 aromatic carbocycles. The van der Waals surface area contributed by atoms with Gasteiger partial charge in [-0.3, -0.25) is 4.99 Å². The van der Waals surface area contributed by atoms with E-state index in [0.717, 1.165) is 30.2 Å². The first-order valence-corrected chi connectivity index (χ1v) is 5.44. The fourth-order valence-corrected chi connectivity index (χ4v) is 1.71. The van der Waals surface area contributed by atoms with E-state index in [4.69, 9.17) is 9.47 Å². The van der Waals surface area contributed by atoms with Crippen molar-refractivity contribution in [3.63, 3.8) is 0 Å². The van der Waals surface area contributed by atoms with Crippen LogP contribution in [0.15, 0.2) is 29.3 Å². The molecule has 0 N–H and O–H groups in total. The van der Waals surface area contributed by atoms with Gasteiger partial charge < -0.3 is 9.47 Å². The highest BCUT2D eigenvalue weighted by molar-refractivity contribution is 5.80. The highest BCUT2D eigenvalue weighted by Gasteiger charge is 2.27. The van der Waals surface area contributed by atoms with Gasteiger partial charge in [0, 0.05) is 6.42 Å². The fourth-order valence-electron chi connectivity index (χ4n) is 1.71. The lowest BCUT2D eigenvalue weighted by molar-refractivity contribution is 0.127. The Bertz CT molecular complexity index is 410. The Morgan fingerprint density at radius 3 is 2.88 bits per heavy atom. The fraction of sp³-hybridized carbons (Fsp3) is 0.462. The number of hydrogen-bond acceptors (Lipinski definition) is 3. The minimum absolute atomic E-state index is 0.145. The third-order valence-electron chi connectivity index (χ3n) is 2.52. The maximum absolute atomic E-state index is 5.74. The van der Waals surface area contributed by atoms with Gasteiger partial charge in [-0.2, -0.15) is 0 Å². The summed E-state index contributed by atoms with van der Waals surface area (Å²) in [5, 5.41) is 0. The largest absolute Gasteiger partial charge is 0.497 e. The van der Waals surface area contributed by atoms with Crippen molar-refractivity contribution in [2.45, 2.75) is 25.9 Å². The molecule has 86 valence electrons. The molecule has 1 aliphatic rings. The quantitative estimate of drug-likeness (QED) is 0.781. The van der Waals surface area contributed by atoms with Crippen LogP contribution in [0.25, 0.3) is 0 Å². The summed E-state index contributed by atoms with van der Waals surface area (Å²) in [6.07, 6.45) is 0.737. The summed E-state index contributed by atoms with van der Waals surface area (Å²) < 4.78 is 10.9. The smallest absolute Gasteiger partial charge is 0.188 e. The van der Waals surface area contributed by atoms with E-state index in [0.29, 0.717) is 0 Å². The minimum atomic E-state index is -0.145. The van der Waals surface area contributed by atoms with Crippen LogP contribution in [0.4, 0.5) is 0 Å². The van der Waals surface area contributed by atoms with E-state index >= 15 is 0 Å². The molecule has 0 atom stereocenters. The molecule has 3 heteroatoms. The summed E-state index contributed by atoms with van der Waals surface area (Å²) in [5.74, 6) is 1.69. The lowest BCUT2D eigenvalue weighted by Crippen LogP contribution is -2.24. The highest BCUT2D eigenvalue weighted by Crippen LogP contribution is 2.20. The van der Waals surface area contributed by atoms with E-state index in [2.05, 4.69) is 24.9 Å². The molecular weight excluding hydrogens is 202 g/mol. The molecule has 0 amide bonds. The molecule has 0 saturated heterocycles. The van der Waals surface area contributed by atoms with Crippen molar-refractivity contribution >= 4 is 5.90 Å². The van der Waals surface area contributed by atoms with Crippen LogP contribution < -0.4 is 4.74 Å². The summed E-state index contributed by atoms with van der Waals surface area (Å²) in [4.78, 5) is 4.39. The molecule has 1 heterocycles. The lowest BCUT2D eigenvalue weighted by atomic mass is 10.1. The van der Waals surface area contributed by atoms with Gasteiger partial charge in [0.1, 0.15) is 11.4 Å². The molecule has 0 aromatic heterocycles. The molecule has 0 aliphatic carbocycles.